The van der Waals surface area contributed by atoms with Gasteiger partial charge in [0.15, 0.2) is 5.16 Å². The van der Waals surface area contributed by atoms with Crippen molar-refractivity contribution >= 4 is 39.2 Å². The van der Waals surface area contributed by atoms with Crippen molar-refractivity contribution in [2.24, 2.45) is 11.8 Å². The highest BCUT2D eigenvalue weighted by molar-refractivity contribution is 7.99. The molecule has 2 aromatic rings. The van der Waals surface area contributed by atoms with Crippen LogP contribution in [0.2, 0.25) is 0 Å². The minimum atomic E-state index is 0.0275. The minimum absolute atomic E-state index is 0.0275. The van der Waals surface area contributed by atoms with Crippen molar-refractivity contribution in [2.75, 3.05) is 19.8 Å². The van der Waals surface area contributed by atoms with Gasteiger partial charge in [-0.25, -0.2) is 4.98 Å². The lowest BCUT2D eigenvalue weighted by atomic mass is 9.89. The van der Waals surface area contributed by atoms with Crippen molar-refractivity contribution in [3.05, 3.63) is 20.8 Å². The van der Waals surface area contributed by atoms with E-state index in [0.717, 1.165) is 29.5 Å². The molecule has 0 aliphatic heterocycles. The molecule has 1 amide bonds. The number of amides is 1. The molecular weight excluding hydrogens is 366 g/mol. The normalized spacial score (nSPS) is 16.9. The Balaban J connectivity index is 2.08. The van der Waals surface area contributed by atoms with Crippen molar-refractivity contribution in [1.82, 2.24) is 14.5 Å². The molecule has 2 aromatic heterocycles. The van der Waals surface area contributed by atoms with E-state index in [0.29, 0.717) is 29.3 Å². The molecule has 3 rings (SSSR count). The molecule has 1 atom stereocenters. The van der Waals surface area contributed by atoms with E-state index in [9.17, 15) is 9.59 Å². The number of nitrogens with zero attached hydrogens (tertiary/aromatic N) is 3. The SMILES string of the molecule is CC(C)Cn1c(SCC(=O)N(C)C)nc2sc3c(c2c1=O)CC[C@@H](C)C3. The van der Waals surface area contributed by atoms with Gasteiger partial charge in [-0.05, 0) is 36.7 Å². The van der Waals surface area contributed by atoms with Crippen molar-refractivity contribution < 1.29 is 4.79 Å². The zero-order valence-electron chi connectivity index (χ0n) is 16.2. The zero-order valence-corrected chi connectivity index (χ0v) is 17.8. The maximum Gasteiger partial charge on any atom is 0.263 e. The van der Waals surface area contributed by atoms with Gasteiger partial charge in [-0.15, -0.1) is 11.3 Å². The lowest BCUT2D eigenvalue weighted by molar-refractivity contribution is -0.125. The van der Waals surface area contributed by atoms with E-state index in [1.807, 2.05) is 0 Å². The van der Waals surface area contributed by atoms with Gasteiger partial charge in [0, 0.05) is 25.5 Å². The molecule has 0 fully saturated rings. The Morgan fingerprint density at radius 1 is 1.42 bits per heavy atom. The number of fused-ring (bicyclic) bond motifs is 3. The second-order valence-electron chi connectivity index (χ2n) is 7.81. The number of carbonyl (C=O) groups is 1. The second kappa shape index (κ2) is 7.72. The van der Waals surface area contributed by atoms with Gasteiger partial charge in [-0.3, -0.25) is 14.2 Å². The van der Waals surface area contributed by atoms with Crippen LogP contribution in [0, 0.1) is 11.8 Å². The summed E-state index contributed by atoms with van der Waals surface area (Å²) >= 11 is 3.04. The van der Waals surface area contributed by atoms with Crippen LogP contribution in [0.1, 0.15) is 37.6 Å². The van der Waals surface area contributed by atoms with E-state index in [1.165, 1.54) is 22.2 Å². The number of thiophene rings is 1. The highest BCUT2D eigenvalue weighted by Crippen LogP contribution is 2.36. The lowest BCUT2D eigenvalue weighted by Crippen LogP contribution is -2.27. The predicted octanol–water partition coefficient (Wildman–Crippen LogP) is 3.42. The molecule has 1 aliphatic carbocycles. The van der Waals surface area contributed by atoms with Crippen LogP contribution in [0.5, 0.6) is 0 Å². The molecule has 0 aromatic carbocycles. The fourth-order valence-electron chi connectivity index (χ4n) is 3.30. The number of aryl methyl sites for hydroxylation is 1. The monoisotopic (exact) mass is 393 g/mol. The molecule has 0 unspecified atom stereocenters. The van der Waals surface area contributed by atoms with E-state index < -0.39 is 0 Å². The molecular formula is C19H27N3O2S2. The standard InChI is InChI=1S/C19H27N3O2S2/c1-11(2)9-22-18(24)16-13-7-6-12(3)8-14(13)26-17(16)20-19(22)25-10-15(23)21(4)5/h11-12H,6-10H2,1-5H3/t12-/m1/s1. The first-order chi connectivity index (χ1) is 12.3. The summed E-state index contributed by atoms with van der Waals surface area (Å²) in [5.41, 5.74) is 1.29. The van der Waals surface area contributed by atoms with Crippen LogP contribution >= 0.6 is 23.1 Å². The molecule has 7 heteroatoms. The van der Waals surface area contributed by atoms with E-state index in [1.54, 1.807) is 34.9 Å². The van der Waals surface area contributed by atoms with E-state index >= 15 is 0 Å². The van der Waals surface area contributed by atoms with Gasteiger partial charge in [0.2, 0.25) is 5.91 Å². The van der Waals surface area contributed by atoms with Crippen molar-refractivity contribution in [2.45, 2.75) is 51.7 Å². The molecule has 0 spiro atoms. The van der Waals surface area contributed by atoms with E-state index in [2.05, 4.69) is 20.8 Å². The van der Waals surface area contributed by atoms with Crippen LogP contribution in [0.15, 0.2) is 9.95 Å². The number of hydrogen-bond acceptors (Lipinski definition) is 5. The number of carbonyl (C=O) groups excluding carboxylic acids is 1. The van der Waals surface area contributed by atoms with Gasteiger partial charge in [0.1, 0.15) is 4.83 Å². The largest absolute Gasteiger partial charge is 0.348 e. The molecule has 2 heterocycles. The molecule has 0 radical (unpaired) electrons. The van der Waals surface area contributed by atoms with Crippen molar-refractivity contribution in [1.29, 1.82) is 0 Å². The Morgan fingerprint density at radius 2 is 2.15 bits per heavy atom. The fourth-order valence-corrected chi connectivity index (χ4v) is 5.71. The molecule has 1 aliphatic rings. The van der Waals surface area contributed by atoms with Crippen LogP contribution in [-0.2, 0) is 24.2 Å². The predicted molar refractivity (Wildman–Crippen MR) is 109 cm³/mol. The van der Waals surface area contributed by atoms with Crippen LogP contribution in [-0.4, -0.2) is 40.2 Å². The summed E-state index contributed by atoms with van der Waals surface area (Å²) < 4.78 is 1.78. The number of aromatic nitrogens is 2. The maximum absolute atomic E-state index is 13.3. The molecule has 142 valence electrons. The molecule has 26 heavy (non-hydrogen) atoms. The van der Waals surface area contributed by atoms with Crippen LogP contribution < -0.4 is 5.56 Å². The second-order valence-corrected chi connectivity index (χ2v) is 9.84. The van der Waals surface area contributed by atoms with Crippen molar-refractivity contribution in [3.63, 3.8) is 0 Å². The zero-order chi connectivity index (χ0) is 19.0. The lowest BCUT2D eigenvalue weighted by Gasteiger charge is -2.18. The molecule has 0 bridgehead atoms. The summed E-state index contributed by atoms with van der Waals surface area (Å²) in [6.07, 6.45) is 3.15. The van der Waals surface area contributed by atoms with Gasteiger partial charge in [0.05, 0.1) is 11.1 Å². The quantitative estimate of drug-likeness (QED) is 0.577. The van der Waals surface area contributed by atoms with Crippen molar-refractivity contribution in [3.8, 4) is 0 Å². The average Bonchev–Trinajstić information content (AvgIpc) is 2.92. The first kappa shape index (κ1) is 19.4. The maximum atomic E-state index is 13.3. The molecule has 5 nitrogen and oxygen atoms in total. The summed E-state index contributed by atoms with van der Waals surface area (Å²) in [5.74, 6) is 1.33. The smallest absolute Gasteiger partial charge is 0.263 e. The van der Waals surface area contributed by atoms with Crippen LogP contribution in [0.3, 0.4) is 0 Å². The first-order valence-corrected chi connectivity index (χ1v) is 11.0. The average molecular weight is 394 g/mol. The Hall–Kier alpha value is -1.34. The summed E-state index contributed by atoms with van der Waals surface area (Å²) in [6.45, 7) is 7.09. The Morgan fingerprint density at radius 3 is 2.81 bits per heavy atom. The molecule has 0 saturated heterocycles. The van der Waals surface area contributed by atoms with Gasteiger partial charge in [-0.1, -0.05) is 32.5 Å². The first-order valence-electron chi connectivity index (χ1n) is 9.16. The molecule has 0 N–H and O–H groups in total. The highest BCUT2D eigenvalue weighted by atomic mass is 32.2. The van der Waals surface area contributed by atoms with Gasteiger partial charge < -0.3 is 4.90 Å². The summed E-state index contributed by atoms with van der Waals surface area (Å²) in [4.78, 5) is 33.8. The third-order valence-electron chi connectivity index (χ3n) is 4.75. The summed E-state index contributed by atoms with van der Waals surface area (Å²) in [7, 11) is 3.49. The van der Waals surface area contributed by atoms with Gasteiger partial charge in [0.25, 0.3) is 5.56 Å². The summed E-state index contributed by atoms with van der Waals surface area (Å²) in [5, 5.41) is 1.49. The Bertz CT molecular complexity index is 883. The number of hydrogen-bond donors (Lipinski definition) is 0. The number of rotatable bonds is 5. The fraction of sp³-hybridized carbons (Fsp3) is 0.632. The van der Waals surface area contributed by atoms with Gasteiger partial charge in [-0.2, -0.15) is 0 Å². The van der Waals surface area contributed by atoms with Gasteiger partial charge >= 0.3 is 0 Å². The highest BCUT2D eigenvalue weighted by Gasteiger charge is 2.25. The minimum Gasteiger partial charge on any atom is -0.348 e. The third-order valence-corrected chi connectivity index (χ3v) is 6.86. The van der Waals surface area contributed by atoms with E-state index in [-0.39, 0.29) is 11.5 Å². The van der Waals surface area contributed by atoms with E-state index in [4.69, 9.17) is 4.98 Å². The third kappa shape index (κ3) is 3.83. The van der Waals surface area contributed by atoms with Crippen LogP contribution in [0.25, 0.3) is 10.2 Å². The Labute approximate surface area is 162 Å². The number of thioether (sulfide) groups is 1. The topological polar surface area (TPSA) is 55.2 Å². The Kier molecular flexibility index (Phi) is 5.77. The summed E-state index contributed by atoms with van der Waals surface area (Å²) in [6, 6.07) is 0. The molecule has 0 saturated carbocycles. The van der Waals surface area contributed by atoms with Crippen LogP contribution in [0.4, 0.5) is 0 Å².